The van der Waals surface area contributed by atoms with E-state index in [1.54, 1.807) is 0 Å². The second-order valence-electron chi connectivity index (χ2n) is 2.20. The van der Waals surface area contributed by atoms with Gasteiger partial charge in [0.05, 0.1) is 0 Å². The molecule has 0 saturated carbocycles. The van der Waals surface area contributed by atoms with Crippen LogP contribution < -0.4 is 0 Å². The van der Waals surface area contributed by atoms with Gasteiger partial charge in [0.25, 0.3) is 0 Å². The lowest BCUT2D eigenvalue weighted by Crippen LogP contribution is -2.00. The normalized spacial score (nSPS) is 9.80. The van der Waals surface area contributed by atoms with Crippen LogP contribution in [0.1, 0.15) is 25.6 Å². The molecule has 0 aliphatic heterocycles. The number of tetrazole rings is 1. The van der Waals surface area contributed by atoms with Gasteiger partial charge in [0.15, 0.2) is 5.82 Å². The van der Waals surface area contributed by atoms with Crippen molar-refractivity contribution < 1.29 is 0 Å². The molecule has 10 heavy (non-hydrogen) atoms. The van der Waals surface area contributed by atoms with E-state index >= 15 is 0 Å². The molecule has 0 radical (unpaired) electrons. The lowest BCUT2D eigenvalue weighted by atomic mass is 10.2. The van der Waals surface area contributed by atoms with Gasteiger partial charge in [-0.15, -0.1) is 9.78 Å². The maximum Gasteiger partial charge on any atom is 0.209 e. The predicted octanol–water partition coefficient (Wildman–Crippen LogP) is 0.126. The minimum Gasteiger partial charge on any atom is -0.170 e. The van der Waals surface area contributed by atoms with Gasteiger partial charge in [-0.2, -0.15) is 5.26 Å². The van der Waals surface area contributed by atoms with E-state index in [1.807, 2.05) is 20.0 Å². The molecule has 0 bridgehead atoms. The monoisotopic (exact) mass is 137 g/mol. The highest BCUT2D eigenvalue weighted by atomic mass is 15.5. The zero-order chi connectivity index (χ0) is 7.56. The molecule has 0 atom stereocenters. The smallest absolute Gasteiger partial charge is 0.170 e. The van der Waals surface area contributed by atoms with Crippen LogP contribution in [0.3, 0.4) is 0 Å². The van der Waals surface area contributed by atoms with E-state index in [2.05, 4.69) is 15.5 Å². The molecule has 0 fully saturated rings. The second-order valence-corrected chi connectivity index (χ2v) is 2.20. The molecule has 0 N–H and O–H groups in total. The SMILES string of the molecule is CC(C)c1nnnn1C#N. The Hall–Kier alpha value is -1.44. The number of hydrogen-bond acceptors (Lipinski definition) is 4. The molecule has 52 valence electrons. The van der Waals surface area contributed by atoms with Gasteiger partial charge in [-0.3, -0.25) is 0 Å². The van der Waals surface area contributed by atoms with Crippen molar-refractivity contribution in [3.8, 4) is 6.19 Å². The maximum atomic E-state index is 8.43. The van der Waals surface area contributed by atoms with E-state index in [-0.39, 0.29) is 5.92 Å². The van der Waals surface area contributed by atoms with Gasteiger partial charge in [-0.25, -0.2) is 0 Å². The molecule has 0 aliphatic rings. The zero-order valence-corrected chi connectivity index (χ0v) is 5.81. The molecule has 1 aromatic heterocycles. The molecule has 0 aliphatic carbocycles. The summed E-state index contributed by atoms with van der Waals surface area (Å²) < 4.78 is 1.12. The standard InChI is InChI=1S/C5H7N5/c1-4(2)5-7-8-9-10(5)3-6/h4H,1-2H3. The summed E-state index contributed by atoms with van der Waals surface area (Å²) in [5, 5.41) is 18.9. The number of nitrogens with zero attached hydrogens (tertiary/aromatic N) is 5. The van der Waals surface area contributed by atoms with Gasteiger partial charge in [0, 0.05) is 5.92 Å². The first-order chi connectivity index (χ1) is 4.75. The van der Waals surface area contributed by atoms with Crippen LogP contribution in [0.5, 0.6) is 0 Å². The van der Waals surface area contributed by atoms with Gasteiger partial charge in [-0.1, -0.05) is 13.8 Å². The molecule has 1 rings (SSSR count). The van der Waals surface area contributed by atoms with Crippen molar-refractivity contribution in [3.05, 3.63) is 5.82 Å². The lowest BCUT2D eigenvalue weighted by molar-refractivity contribution is 0.718. The first kappa shape index (κ1) is 6.68. The van der Waals surface area contributed by atoms with Crippen LogP contribution >= 0.6 is 0 Å². The largest absolute Gasteiger partial charge is 0.209 e. The highest BCUT2D eigenvalue weighted by Gasteiger charge is 2.08. The summed E-state index contributed by atoms with van der Waals surface area (Å²) in [5.74, 6) is 0.789. The molecule has 0 unspecified atom stereocenters. The van der Waals surface area contributed by atoms with E-state index in [0.29, 0.717) is 5.82 Å². The van der Waals surface area contributed by atoms with Crippen molar-refractivity contribution in [2.45, 2.75) is 19.8 Å². The van der Waals surface area contributed by atoms with Crippen molar-refractivity contribution in [1.29, 1.82) is 5.26 Å². The number of rotatable bonds is 1. The van der Waals surface area contributed by atoms with Gasteiger partial charge in [0.2, 0.25) is 6.19 Å². The Kier molecular flexibility index (Phi) is 1.63. The van der Waals surface area contributed by atoms with E-state index in [4.69, 9.17) is 5.26 Å². The highest BCUT2D eigenvalue weighted by Crippen LogP contribution is 2.06. The lowest BCUT2D eigenvalue weighted by Gasteiger charge is -1.96. The van der Waals surface area contributed by atoms with Crippen molar-refractivity contribution in [3.63, 3.8) is 0 Å². The number of nitriles is 1. The fourth-order valence-corrected chi connectivity index (χ4v) is 0.625. The summed E-state index contributed by atoms with van der Waals surface area (Å²) in [6.07, 6.45) is 1.84. The summed E-state index contributed by atoms with van der Waals surface area (Å²) in [6, 6.07) is 0. The summed E-state index contributed by atoms with van der Waals surface area (Å²) in [6.45, 7) is 3.86. The zero-order valence-electron chi connectivity index (χ0n) is 5.81. The van der Waals surface area contributed by atoms with Gasteiger partial charge in [-0.05, 0) is 10.4 Å². The molecule has 0 amide bonds. The summed E-state index contributed by atoms with van der Waals surface area (Å²) in [7, 11) is 0. The Morgan fingerprint density at radius 2 is 2.30 bits per heavy atom. The Bertz CT molecular complexity index is 255. The van der Waals surface area contributed by atoms with Crippen molar-refractivity contribution in [2.24, 2.45) is 0 Å². The maximum absolute atomic E-state index is 8.43. The predicted molar refractivity (Wildman–Crippen MR) is 32.9 cm³/mol. The van der Waals surface area contributed by atoms with Crippen LogP contribution in [-0.2, 0) is 0 Å². The Balaban J connectivity index is 3.05. The van der Waals surface area contributed by atoms with Crippen LogP contribution in [0.15, 0.2) is 0 Å². The van der Waals surface area contributed by atoms with E-state index < -0.39 is 0 Å². The van der Waals surface area contributed by atoms with E-state index in [0.717, 1.165) is 4.68 Å². The Labute approximate surface area is 58.3 Å². The summed E-state index contributed by atoms with van der Waals surface area (Å²) >= 11 is 0. The summed E-state index contributed by atoms with van der Waals surface area (Å²) in [5.41, 5.74) is 0. The van der Waals surface area contributed by atoms with Crippen LogP contribution in [-0.4, -0.2) is 20.2 Å². The topological polar surface area (TPSA) is 67.4 Å². The summed E-state index contributed by atoms with van der Waals surface area (Å²) in [4.78, 5) is 0. The van der Waals surface area contributed by atoms with E-state index in [9.17, 15) is 0 Å². The van der Waals surface area contributed by atoms with Gasteiger partial charge in [0.1, 0.15) is 0 Å². The van der Waals surface area contributed by atoms with Crippen molar-refractivity contribution >= 4 is 0 Å². The van der Waals surface area contributed by atoms with Crippen molar-refractivity contribution in [1.82, 2.24) is 20.2 Å². The average molecular weight is 137 g/mol. The number of aromatic nitrogens is 4. The Morgan fingerprint density at radius 1 is 1.60 bits per heavy atom. The molecule has 5 nitrogen and oxygen atoms in total. The first-order valence-electron chi connectivity index (χ1n) is 2.94. The van der Waals surface area contributed by atoms with Crippen molar-refractivity contribution in [2.75, 3.05) is 0 Å². The number of hydrogen-bond donors (Lipinski definition) is 0. The highest BCUT2D eigenvalue weighted by molar-refractivity contribution is 4.94. The second kappa shape index (κ2) is 2.43. The van der Waals surface area contributed by atoms with Gasteiger partial charge >= 0.3 is 0 Å². The third-order valence-electron chi connectivity index (χ3n) is 1.10. The molecule has 0 aromatic carbocycles. The minimum atomic E-state index is 0.189. The van der Waals surface area contributed by atoms with Gasteiger partial charge < -0.3 is 0 Å². The minimum absolute atomic E-state index is 0.189. The molecule has 0 saturated heterocycles. The molecule has 1 aromatic rings. The molecular formula is C5H7N5. The quantitative estimate of drug-likeness (QED) is 0.551. The molecule has 0 spiro atoms. The molecular weight excluding hydrogens is 130 g/mol. The Morgan fingerprint density at radius 3 is 2.70 bits per heavy atom. The van der Waals surface area contributed by atoms with Crippen LogP contribution in [0.4, 0.5) is 0 Å². The van der Waals surface area contributed by atoms with E-state index in [1.165, 1.54) is 0 Å². The molecule has 1 heterocycles. The fraction of sp³-hybridized carbons (Fsp3) is 0.600. The first-order valence-corrected chi connectivity index (χ1v) is 2.94. The third-order valence-corrected chi connectivity index (χ3v) is 1.10. The average Bonchev–Trinajstić information content (AvgIpc) is 2.33. The van der Waals surface area contributed by atoms with Crippen LogP contribution in [0.2, 0.25) is 0 Å². The van der Waals surface area contributed by atoms with Crippen LogP contribution in [0.25, 0.3) is 0 Å². The van der Waals surface area contributed by atoms with Crippen LogP contribution in [0, 0.1) is 11.5 Å². The fourth-order valence-electron chi connectivity index (χ4n) is 0.625. The third kappa shape index (κ3) is 0.957. The molecule has 5 heteroatoms.